The maximum Gasteiger partial charge on any atom is 0.291 e. The Morgan fingerprint density at radius 1 is 1.41 bits per heavy atom. The third kappa shape index (κ3) is 4.10. The summed E-state index contributed by atoms with van der Waals surface area (Å²) >= 11 is 0. The van der Waals surface area contributed by atoms with Crippen LogP contribution < -0.4 is 10.2 Å². The molecule has 2 N–H and O–H groups in total. The topological polar surface area (TPSA) is 90.0 Å². The van der Waals surface area contributed by atoms with Gasteiger partial charge < -0.3 is 20.1 Å². The first-order valence-electron chi connectivity index (χ1n) is 9.47. The number of aromatic amines is 1. The van der Waals surface area contributed by atoms with Crippen LogP contribution in [0.1, 0.15) is 53.5 Å². The molecular formula is C19H29N7O. The first kappa shape index (κ1) is 19.3. The van der Waals surface area contributed by atoms with Gasteiger partial charge in [-0.25, -0.2) is 15.0 Å². The molecule has 2 aromatic heterocycles. The molecule has 1 unspecified atom stereocenters. The van der Waals surface area contributed by atoms with Gasteiger partial charge >= 0.3 is 0 Å². The van der Waals surface area contributed by atoms with Gasteiger partial charge in [0.2, 0.25) is 5.82 Å². The standard InChI is InChI=1S/C19H29N7O/c1-6-15(16-20-8-9-21-16)23-14-7-10-26(11-14)18-12(2)13(3)22-17(24-18)19(27)25(4)5/h8-9,14-15,23H,6-7,10-11H2,1-5H3,(H,20,21)/t14-,15?/m1/s1. The molecule has 3 heterocycles. The smallest absolute Gasteiger partial charge is 0.291 e. The number of rotatable bonds is 6. The first-order chi connectivity index (χ1) is 12.9. The second-order valence-electron chi connectivity index (χ2n) is 7.31. The van der Waals surface area contributed by atoms with Gasteiger partial charge in [-0.05, 0) is 26.7 Å². The maximum absolute atomic E-state index is 12.3. The Hall–Kier alpha value is -2.48. The van der Waals surface area contributed by atoms with Crippen molar-refractivity contribution in [1.29, 1.82) is 0 Å². The SMILES string of the molecule is CCC(N[C@@H]1CCN(c2nc(C(=O)N(C)C)nc(C)c2C)C1)c1ncc[nH]1. The van der Waals surface area contributed by atoms with Crippen LogP contribution in [-0.4, -0.2) is 64.0 Å². The number of hydrogen-bond acceptors (Lipinski definition) is 6. The predicted molar refractivity (Wildman–Crippen MR) is 105 cm³/mol. The van der Waals surface area contributed by atoms with Crippen LogP contribution in [0.25, 0.3) is 0 Å². The van der Waals surface area contributed by atoms with Crippen molar-refractivity contribution in [2.45, 2.75) is 45.7 Å². The van der Waals surface area contributed by atoms with Gasteiger partial charge in [0.25, 0.3) is 5.91 Å². The van der Waals surface area contributed by atoms with Crippen LogP contribution in [0, 0.1) is 13.8 Å². The van der Waals surface area contributed by atoms with E-state index >= 15 is 0 Å². The highest BCUT2D eigenvalue weighted by Crippen LogP contribution is 2.25. The van der Waals surface area contributed by atoms with Crippen molar-refractivity contribution in [2.24, 2.45) is 0 Å². The number of aromatic nitrogens is 4. The van der Waals surface area contributed by atoms with Crippen molar-refractivity contribution in [3.05, 3.63) is 35.3 Å². The minimum absolute atomic E-state index is 0.169. The molecule has 2 atom stereocenters. The summed E-state index contributed by atoms with van der Waals surface area (Å²) < 4.78 is 0. The lowest BCUT2D eigenvalue weighted by Crippen LogP contribution is -2.36. The van der Waals surface area contributed by atoms with E-state index in [1.165, 1.54) is 4.90 Å². The summed E-state index contributed by atoms with van der Waals surface area (Å²) in [6.07, 6.45) is 5.64. The number of amides is 1. The highest BCUT2D eigenvalue weighted by atomic mass is 16.2. The highest BCUT2D eigenvalue weighted by molar-refractivity contribution is 5.90. The molecule has 2 aromatic rings. The fraction of sp³-hybridized carbons (Fsp3) is 0.579. The number of carbonyl (C=O) groups excluding carboxylic acids is 1. The first-order valence-corrected chi connectivity index (χ1v) is 9.47. The van der Waals surface area contributed by atoms with Gasteiger partial charge in [-0.3, -0.25) is 4.79 Å². The molecule has 146 valence electrons. The average molecular weight is 371 g/mol. The van der Waals surface area contributed by atoms with E-state index in [0.29, 0.717) is 6.04 Å². The number of hydrogen-bond donors (Lipinski definition) is 2. The molecule has 1 aliphatic rings. The Bertz CT molecular complexity index is 788. The maximum atomic E-state index is 12.3. The molecular weight excluding hydrogens is 342 g/mol. The molecule has 8 nitrogen and oxygen atoms in total. The lowest BCUT2D eigenvalue weighted by molar-refractivity contribution is 0.0815. The zero-order chi connectivity index (χ0) is 19.6. The normalized spacial score (nSPS) is 18.0. The molecule has 0 bridgehead atoms. The van der Waals surface area contributed by atoms with Gasteiger partial charge in [0.05, 0.1) is 6.04 Å². The molecule has 0 aromatic carbocycles. The van der Waals surface area contributed by atoms with Crippen LogP contribution in [0.3, 0.4) is 0 Å². The number of imidazole rings is 1. The second-order valence-corrected chi connectivity index (χ2v) is 7.31. The molecule has 0 spiro atoms. The molecule has 0 radical (unpaired) electrons. The molecule has 0 saturated carbocycles. The van der Waals surface area contributed by atoms with Crippen molar-refractivity contribution < 1.29 is 4.79 Å². The van der Waals surface area contributed by atoms with Gasteiger partial charge in [-0.2, -0.15) is 0 Å². The molecule has 1 aliphatic heterocycles. The number of nitrogens with one attached hydrogen (secondary N) is 2. The summed E-state index contributed by atoms with van der Waals surface area (Å²) in [5, 5.41) is 3.70. The molecule has 1 saturated heterocycles. The van der Waals surface area contributed by atoms with Crippen molar-refractivity contribution in [3.63, 3.8) is 0 Å². The Morgan fingerprint density at radius 2 is 2.19 bits per heavy atom. The number of nitrogens with zero attached hydrogens (tertiary/aromatic N) is 5. The minimum Gasteiger partial charge on any atom is -0.355 e. The Kier molecular flexibility index (Phi) is 5.74. The Balaban J connectivity index is 1.75. The van der Waals surface area contributed by atoms with Gasteiger partial charge in [0.15, 0.2) is 0 Å². The van der Waals surface area contributed by atoms with Gasteiger partial charge in [0.1, 0.15) is 11.6 Å². The summed E-state index contributed by atoms with van der Waals surface area (Å²) in [6.45, 7) is 7.86. The molecule has 27 heavy (non-hydrogen) atoms. The van der Waals surface area contributed by atoms with Crippen LogP contribution in [0.4, 0.5) is 5.82 Å². The van der Waals surface area contributed by atoms with Crippen LogP contribution in [0.5, 0.6) is 0 Å². The number of H-pyrrole nitrogens is 1. The summed E-state index contributed by atoms with van der Waals surface area (Å²) in [5.41, 5.74) is 1.88. The van der Waals surface area contributed by atoms with Gasteiger partial charge in [-0.1, -0.05) is 6.92 Å². The van der Waals surface area contributed by atoms with Crippen molar-refractivity contribution in [1.82, 2.24) is 30.2 Å². The number of carbonyl (C=O) groups is 1. The van der Waals surface area contributed by atoms with Crippen LogP contribution >= 0.6 is 0 Å². The van der Waals surface area contributed by atoms with Crippen molar-refractivity contribution in [2.75, 3.05) is 32.1 Å². The van der Waals surface area contributed by atoms with E-state index in [9.17, 15) is 4.79 Å². The largest absolute Gasteiger partial charge is 0.355 e. The molecule has 1 amide bonds. The summed E-state index contributed by atoms with van der Waals surface area (Å²) in [6, 6.07) is 0.562. The molecule has 0 aliphatic carbocycles. The highest BCUT2D eigenvalue weighted by Gasteiger charge is 2.28. The van der Waals surface area contributed by atoms with E-state index in [0.717, 1.165) is 48.8 Å². The summed E-state index contributed by atoms with van der Waals surface area (Å²) in [4.78, 5) is 32.6. The fourth-order valence-electron chi connectivity index (χ4n) is 3.45. The predicted octanol–water partition coefficient (Wildman–Crippen LogP) is 1.84. The van der Waals surface area contributed by atoms with Gasteiger partial charge in [0, 0.05) is 56.9 Å². The van der Waals surface area contributed by atoms with E-state index in [1.54, 1.807) is 20.3 Å². The lowest BCUT2D eigenvalue weighted by Gasteiger charge is -2.23. The summed E-state index contributed by atoms with van der Waals surface area (Å²) in [7, 11) is 3.44. The molecule has 8 heteroatoms. The van der Waals surface area contributed by atoms with E-state index < -0.39 is 0 Å². The third-order valence-electron chi connectivity index (χ3n) is 5.14. The quantitative estimate of drug-likeness (QED) is 0.805. The molecule has 3 rings (SSSR count). The van der Waals surface area contributed by atoms with E-state index in [-0.39, 0.29) is 17.8 Å². The third-order valence-corrected chi connectivity index (χ3v) is 5.14. The lowest BCUT2D eigenvalue weighted by atomic mass is 10.1. The van der Waals surface area contributed by atoms with E-state index in [2.05, 4.69) is 37.1 Å². The average Bonchev–Trinajstić information content (AvgIpc) is 3.33. The van der Waals surface area contributed by atoms with Gasteiger partial charge in [-0.15, -0.1) is 0 Å². The number of aryl methyl sites for hydroxylation is 1. The Labute approximate surface area is 160 Å². The monoisotopic (exact) mass is 371 g/mol. The van der Waals surface area contributed by atoms with E-state index in [4.69, 9.17) is 0 Å². The van der Waals surface area contributed by atoms with Crippen LogP contribution in [-0.2, 0) is 0 Å². The number of anilines is 1. The molecule has 1 fully saturated rings. The Morgan fingerprint density at radius 3 is 2.81 bits per heavy atom. The zero-order valence-corrected chi connectivity index (χ0v) is 16.8. The van der Waals surface area contributed by atoms with E-state index in [1.807, 2.05) is 20.0 Å². The minimum atomic E-state index is -0.169. The fourth-order valence-corrected chi connectivity index (χ4v) is 3.45. The van der Waals surface area contributed by atoms with Crippen molar-refractivity contribution >= 4 is 11.7 Å². The van der Waals surface area contributed by atoms with Crippen LogP contribution in [0.2, 0.25) is 0 Å². The summed E-state index contributed by atoms with van der Waals surface area (Å²) in [5.74, 6) is 1.93. The van der Waals surface area contributed by atoms with Crippen LogP contribution in [0.15, 0.2) is 12.4 Å². The zero-order valence-electron chi connectivity index (χ0n) is 16.8. The second kappa shape index (κ2) is 8.04. The van der Waals surface area contributed by atoms with Crippen molar-refractivity contribution in [3.8, 4) is 0 Å².